The van der Waals surface area contributed by atoms with Crippen LogP contribution >= 0.6 is 15.9 Å². The van der Waals surface area contributed by atoms with Crippen molar-refractivity contribution in [3.05, 3.63) is 27.7 Å². The normalized spacial score (nSPS) is 10.1. The van der Waals surface area contributed by atoms with Crippen molar-refractivity contribution in [1.82, 2.24) is 0 Å². The summed E-state index contributed by atoms with van der Waals surface area (Å²) in [7, 11) is 0. The van der Waals surface area contributed by atoms with Gasteiger partial charge in [0.2, 0.25) is 0 Å². The lowest BCUT2D eigenvalue weighted by Crippen LogP contribution is -2.10. The van der Waals surface area contributed by atoms with Gasteiger partial charge in [0.25, 0.3) is 0 Å². The molecule has 0 N–H and O–H groups in total. The van der Waals surface area contributed by atoms with Gasteiger partial charge in [0, 0.05) is 0 Å². The first-order valence-corrected chi connectivity index (χ1v) is 6.10. The number of nitriles is 1. The van der Waals surface area contributed by atoms with Crippen molar-refractivity contribution in [2.75, 3.05) is 6.61 Å². The molecule has 0 aliphatic heterocycles. The first-order chi connectivity index (χ1) is 8.99. The van der Waals surface area contributed by atoms with Gasteiger partial charge in [-0.15, -0.1) is 0 Å². The van der Waals surface area contributed by atoms with Gasteiger partial charge in [0.1, 0.15) is 5.75 Å². The summed E-state index contributed by atoms with van der Waals surface area (Å²) < 4.78 is 33.6. The zero-order chi connectivity index (χ0) is 14.4. The predicted molar refractivity (Wildman–Crippen MR) is 65.8 cm³/mol. The second-order valence-corrected chi connectivity index (χ2v) is 4.17. The number of carbonyl (C=O) groups excluding carboxylic acids is 1. The fraction of sp³-hybridized carbons (Fsp3) is 0.333. The Morgan fingerprint density at radius 1 is 1.53 bits per heavy atom. The van der Waals surface area contributed by atoms with Crippen LogP contribution < -0.4 is 4.74 Å². The first kappa shape index (κ1) is 15.4. The monoisotopic (exact) mass is 333 g/mol. The average Bonchev–Trinajstić information content (AvgIpc) is 2.34. The largest absolute Gasteiger partial charge is 0.466 e. The maximum atomic E-state index is 12.2. The molecule has 1 aromatic rings. The van der Waals surface area contributed by atoms with E-state index in [2.05, 4.69) is 20.7 Å². The summed E-state index contributed by atoms with van der Waals surface area (Å²) in [4.78, 5) is 11.4. The van der Waals surface area contributed by atoms with Gasteiger partial charge in [-0.1, -0.05) is 0 Å². The van der Waals surface area contributed by atoms with E-state index >= 15 is 0 Å². The van der Waals surface area contributed by atoms with Crippen molar-refractivity contribution in [1.29, 1.82) is 5.26 Å². The molecule has 0 radical (unpaired) electrons. The standard InChI is InChI=1S/C12H10BrF2NO3/c1-2-18-10(17)5-8-7(6-16)3-4-9(11(8)13)19-12(14)15/h3-4,12H,2,5H2,1H3. The van der Waals surface area contributed by atoms with Gasteiger partial charge in [-0.25, -0.2) is 0 Å². The van der Waals surface area contributed by atoms with Gasteiger partial charge in [0.05, 0.1) is 29.1 Å². The zero-order valence-corrected chi connectivity index (χ0v) is 11.5. The van der Waals surface area contributed by atoms with E-state index in [1.54, 1.807) is 6.92 Å². The Kier molecular flexibility index (Phi) is 5.70. The van der Waals surface area contributed by atoms with E-state index in [1.165, 1.54) is 12.1 Å². The third-order valence-corrected chi connectivity index (χ3v) is 3.04. The van der Waals surface area contributed by atoms with E-state index in [9.17, 15) is 13.6 Å². The number of nitrogens with zero attached hydrogens (tertiary/aromatic N) is 1. The van der Waals surface area contributed by atoms with E-state index in [1.807, 2.05) is 6.07 Å². The van der Waals surface area contributed by atoms with Gasteiger partial charge >= 0.3 is 12.6 Å². The van der Waals surface area contributed by atoms with Crippen LogP contribution in [0.4, 0.5) is 8.78 Å². The fourth-order valence-electron chi connectivity index (χ4n) is 1.42. The molecule has 0 saturated heterocycles. The third-order valence-electron chi connectivity index (χ3n) is 2.17. The summed E-state index contributed by atoms with van der Waals surface area (Å²) in [6, 6.07) is 4.44. The van der Waals surface area contributed by atoms with Crippen molar-refractivity contribution >= 4 is 21.9 Å². The van der Waals surface area contributed by atoms with Crippen molar-refractivity contribution in [3.8, 4) is 11.8 Å². The number of esters is 1. The molecule has 1 aromatic carbocycles. The van der Waals surface area contributed by atoms with Gasteiger partial charge < -0.3 is 9.47 Å². The van der Waals surface area contributed by atoms with Gasteiger partial charge in [-0.3, -0.25) is 4.79 Å². The summed E-state index contributed by atoms with van der Waals surface area (Å²) >= 11 is 3.06. The number of hydrogen-bond acceptors (Lipinski definition) is 4. The lowest BCUT2D eigenvalue weighted by Gasteiger charge is -2.12. The highest BCUT2D eigenvalue weighted by Crippen LogP contribution is 2.32. The lowest BCUT2D eigenvalue weighted by molar-refractivity contribution is -0.142. The van der Waals surface area contributed by atoms with Crippen LogP contribution in [0, 0.1) is 11.3 Å². The van der Waals surface area contributed by atoms with Gasteiger partial charge in [-0.05, 0) is 40.5 Å². The molecule has 0 heterocycles. The van der Waals surface area contributed by atoms with E-state index in [0.29, 0.717) is 0 Å². The molecule has 1 rings (SSSR count). The molecule has 102 valence electrons. The molecule has 0 atom stereocenters. The van der Waals surface area contributed by atoms with Crippen LogP contribution in [0.25, 0.3) is 0 Å². The fourth-order valence-corrected chi connectivity index (χ4v) is 2.00. The molecule has 0 unspecified atom stereocenters. The second-order valence-electron chi connectivity index (χ2n) is 3.38. The van der Waals surface area contributed by atoms with Crippen LogP contribution in [0.1, 0.15) is 18.1 Å². The number of halogens is 3. The first-order valence-electron chi connectivity index (χ1n) is 5.31. The van der Waals surface area contributed by atoms with Crippen molar-refractivity contribution in [3.63, 3.8) is 0 Å². The van der Waals surface area contributed by atoms with E-state index < -0.39 is 12.6 Å². The highest BCUT2D eigenvalue weighted by Gasteiger charge is 2.18. The number of ether oxygens (including phenoxy) is 2. The lowest BCUT2D eigenvalue weighted by atomic mass is 10.1. The minimum absolute atomic E-state index is 0.131. The summed E-state index contributed by atoms with van der Waals surface area (Å²) in [5.41, 5.74) is 0.459. The minimum Gasteiger partial charge on any atom is -0.466 e. The summed E-state index contributed by atoms with van der Waals surface area (Å²) in [6.45, 7) is -1.14. The molecule has 0 aromatic heterocycles. The topological polar surface area (TPSA) is 59.3 Å². The number of rotatable bonds is 5. The van der Waals surface area contributed by atoms with E-state index in [0.717, 1.165) is 0 Å². The van der Waals surface area contributed by atoms with Gasteiger partial charge in [0.15, 0.2) is 0 Å². The van der Waals surface area contributed by atoms with Crippen LogP contribution in [0.5, 0.6) is 5.75 Å². The Bertz CT molecular complexity index is 514. The summed E-state index contributed by atoms with van der Waals surface area (Å²) in [5.74, 6) is -0.679. The SMILES string of the molecule is CCOC(=O)Cc1c(C#N)ccc(OC(F)F)c1Br. The van der Waals surface area contributed by atoms with Gasteiger partial charge in [-0.2, -0.15) is 14.0 Å². The van der Waals surface area contributed by atoms with E-state index in [-0.39, 0.29) is 34.4 Å². The van der Waals surface area contributed by atoms with Crippen LogP contribution in [-0.2, 0) is 16.0 Å². The molecule has 0 aliphatic rings. The molecular weight excluding hydrogens is 324 g/mol. The minimum atomic E-state index is -2.99. The summed E-state index contributed by atoms with van der Waals surface area (Å²) in [5, 5.41) is 8.95. The number of carbonyl (C=O) groups is 1. The zero-order valence-electron chi connectivity index (χ0n) is 9.95. The maximum absolute atomic E-state index is 12.2. The van der Waals surface area contributed by atoms with Crippen LogP contribution in [0.15, 0.2) is 16.6 Å². The molecule has 0 fully saturated rings. The van der Waals surface area contributed by atoms with Crippen LogP contribution in [0.2, 0.25) is 0 Å². The highest BCUT2D eigenvalue weighted by atomic mass is 79.9. The molecule has 0 amide bonds. The highest BCUT2D eigenvalue weighted by molar-refractivity contribution is 9.10. The predicted octanol–water partition coefficient (Wildman–Crippen LogP) is 3.03. The van der Waals surface area contributed by atoms with E-state index in [4.69, 9.17) is 10.00 Å². The Morgan fingerprint density at radius 3 is 2.74 bits per heavy atom. The molecule has 0 aliphatic carbocycles. The maximum Gasteiger partial charge on any atom is 0.387 e. The molecule has 0 saturated carbocycles. The quantitative estimate of drug-likeness (QED) is 0.777. The average molecular weight is 334 g/mol. The van der Waals surface area contributed by atoms with Crippen molar-refractivity contribution in [2.45, 2.75) is 20.0 Å². The molecule has 19 heavy (non-hydrogen) atoms. The number of alkyl halides is 2. The molecule has 4 nitrogen and oxygen atoms in total. The molecule has 0 spiro atoms. The van der Waals surface area contributed by atoms with Crippen molar-refractivity contribution in [2.24, 2.45) is 0 Å². The Balaban J connectivity index is 3.11. The summed E-state index contributed by atoms with van der Waals surface area (Å²) in [6.07, 6.45) is -0.197. The van der Waals surface area contributed by atoms with Crippen LogP contribution in [0.3, 0.4) is 0 Å². The third kappa shape index (κ3) is 4.17. The Labute approximate surface area is 117 Å². The van der Waals surface area contributed by atoms with Crippen LogP contribution in [-0.4, -0.2) is 19.2 Å². The van der Waals surface area contributed by atoms with Crippen molar-refractivity contribution < 1.29 is 23.0 Å². The smallest absolute Gasteiger partial charge is 0.387 e. The Morgan fingerprint density at radius 2 is 2.21 bits per heavy atom. The Hall–Kier alpha value is -1.68. The second kappa shape index (κ2) is 7.04. The molecular formula is C12H10BrF2NO3. The molecule has 0 bridgehead atoms. The molecule has 7 heteroatoms. The number of benzene rings is 1. The number of hydrogen-bond donors (Lipinski definition) is 0.